The zero-order chi connectivity index (χ0) is 22.2. The number of nitrogens with one attached hydrogen (secondary N) is 2. The minimum Gasteiger partial charge on any atom is -0.356 e. The molecule has 1 aliphatic rings. The number of hydrogen-bond donors (Lipinski definition) is 2. The molecule has 2 heterocycles. The van der Waals surface area contributed by atoms with Crippen molar-refractivity contribution in [1.82, 2.24) is 15.5 Å². The van der Waals surface area contributed by atoms with Gasteiger partial charge in [-0.1, -0.05) is 30.3 Å². The van der Waals surface area contributed by atoms with E-state index >= 15 is 0 Å². The summed E-state index contributed by atoms with van der Waals surface area (Å²) in [6, 6.07) is 7.48. The van der Waals surface area contributed by atoms with Gasteiger partial charge in [0.1, 0.15) is 10.8 Å². The first-order valence-electron chi connectivity index (χ1n) is 10.2. The van der Waals surface area contributed by atoms with E-state index in [-0.39, 0.29) is 34.2 Å². The molecular formula is C21H25ClFN5O2S. The van der Waals surface area contributed by atoms with Gasteiger partial charge in [-0.15, -0.1) is 10.2 Å². The Morgan fingerprint density at radius 2 is 2.00 bits per heavy atom. The van der Waals surface area contributed by atoms with Gasteiger partial charge in [-0.3, -0.25) is 9.59 Å². The Labute approximate surface area is 190 Å². The molecule has 2 amide bonds. The maximum absolute atomic E-state index is 13.3. The Balaban J connectivity index is 1.45. The third kappa shape index (κ3) is 6.80. The number of hydrogen-bond acceptors (Lipinski definition) is 6. The van der Waals surface area contributed by atoms with Crippen molar-refractivity contribution in [1.29, 1.82) is 0 Å². The van der Waals surface area contributed by atoms with E-state index in [1.165, 1.54) is 30.0 Å². The summed E-state index contributed by atoms with van der Waals surface area (Å²) in [4.78, 5) is 26.3. The van der Waals surface area contributed by atoms with Crippen LogP contribution >= 0.6 is 23.4 Å². The van der Waals surface area contributed by atoms with Gasteiger partial charge in [0.25, 0.3) is 0 Å². The second-order valence-electron chi connectivity index (χ2n) is 7.24. The maximum atomic E-state index is 13.3. The average molecular weight is 466 g/mol. The van der Waals surface area contributed by atoms with E-state index in [2.05, 4.69) is 25.7 Å². The van der Waals surface area contributed by atoms with Crippen LogP contribution in [-0.4, -0.2) is 47.4 Å². The highest BCUT2D eigenvalue weighted by molar-refractivity contribution is 7.99. The number of piperidine rings is 1. The van der Waals surface area contributed by atoms with Crippen LogP contribution in [0.25, 0.3) is 0 Å². The smallest absolute Gasteiger partial charge is 0.234 e. The Kier molecular flexibility index (Phi) is 8.48. The van der Waals surface area contributed by atoms with Crippen LogP contribution < -0.4 is 15.5 Å². The fourth-order valence-corrected chi connectivity index (χ4v) is 4.02. The molecule has 31 heavy (non-hydrogen) atoms. The highest BCUT2D eigenvalue weighted by Gasteiger charge is 2.25. The molecule has 10 heteroatoms. The molecule has 1 aromatic heterocycles. The van der Waals surface area contributed by atoms with Crippen LogP contribution in [-0.2, 0) is 9.59 Å². The third-order valence-electron chi connectivity index (χ3n) is 4.92. The van der Waals surface area contributed by atoms with Crippen LogP contribution in [0.4, 0.5) is 15.9 Å². The number of carbonyl (C=O) groups excluding carboxylic acids is 2. The van der Waals surface area contributed by atoms with Crippen LogP contribution in [0.3, 0.4) is 0 Å². The molecule has 0 radical (unpaired) electrons. The highest BCUT2D eigenvalue weighted by Crippen LogP contribution is 2.25. The van der Waals surface area contributed by atoms with E-state index < -0.39 is 5.82 Å². The van der Waals surface area contributed by atoms with Crippen molar-refractivity contribution in [3.8, 4) is 0 Å². The minimum atomic E-state index is -0.473. The van der Waals surface area contributed by atoms with Gasteiger partial charge < -0.3 is 15.5 Å². The number of amides is 2. The number of nitrogens with zero attached hydrogens (tertiary/aromatic N) is 3. The van der Waals surface area contributed by atoms with E-state index in [0.29, 0.717) is 5.03 Å². The van der Waals surface area contributed by atoms with Crippen molar-refractivity contribution in [2.24, 2.45) is 5.92 Å². The number of halogens is 2. The van der Waals surface area contributed by atoms with Gasteiger partial charge in [-0.2, -0.15) is 0 Å². The van der Waals surface area contributed by atoms with Crippen LogP contribution in [0.5, 0.6) is 0 Å². The molecular weight excluding hydrogens is 441 g/mol. The van der Waals surface area contributed by atoms with Gasteiger partial charge >= 0.3 is 0 Å². The lowest BCUT2D eigenvalue weighted by molar-refractivity contribution is -0.125. The number of benzene rings is 1. The first kappa shape index (κ1) is 23.3. The predicted octanol–water partition coefficient (Wildman–Crippen LogP) is 3.74. The normalized spacial score (nSPS) is 14.4. The summed E-state index contributed by atoms with van der Waals surface area (Å²) >= 11 is 7.19. The zero-order valence-corrected chi connectivity index (χ0v) is 18.8. The number of aromatic nitrogens is 2. The van der Waals surface area contributed by atoms with E-state index in [4.69, 9.17) is 11.6 Å². The van der Waals surface area contributed by atoms with E-state index in [1.54, 1.807) is 0 Å². The van der Waals surface area contributed by atoms with E-state index in [0.717, 1.165) is 44.7 Å². The topological polar surface area (TPSA) is 87.2 Å². The molecule has 2 N–H and O–H groups in total. The largest absolute Gasteiger partial charge is 0.356 e. The molecule has 1 aliphatic heterocycles. The molecule has 0 atom stereocenters. The molecule has 3 rings (SSSR count). The van der Waals surface area contributed by atoms with Gasteiger partial charge in [0, 0.05) is 25.6 Å². The molecule has 1 aromatic carbocycles. The van der Waals surface area contributed by atoms with E-state index in [9.17, 15) is 14.0 Å². The third-order valence-corrected chi connectivity index (χ3v) is 6.17. The molecule has 0 spiro atoms. The standard InChI is InChI=1S/C21H25ClFN5O2S/c1-2-9-24-21(30)14-7-10-28(11-8-14)18-5-6-20(27-26-18)31-13-19(29)25-17-12-15(23)3-4-16(17)22/h3-6,12,14H,2,7-11,13H2,1H3,(H,24,30)(H,25,29). The Morgan fingerprint density at radius 3 is 2.68 bits per heavy atom. The van der Waals surface area contributed by atoms with Crippen molar-refractivity contribution in [3.63, 3.8) is 0 Å². The van der Waals surface area contributed by atoms with Crippen molar-refractivity contribution in [2.45, 2.75) is 31.2 Å². The monoisotopic (exact) mass is 465 g/mol. The summed E-state index contributed by atoms with van der Waals surface area (Å²) in [7, 11) is 0. The summed E-state index contributed by atoms with van der Waals surface area (Å²) in [5.74, 6) is 0.255. The Bertz CT molecular complexity index is 907. The lowest BCUT2D eigenvalue weighted by atomic mass is 9.96. The summed E-state index contributed by atoms with van der Waals surface area (Å²) in [6.45, 7) is 4.26. The van der Waals surface area contributed by atoms with Crippen LogP contribution in [0.2, 0.25) is 5.02 Å². The van der Waals surface area contributed by atoms with Gasteiger partial charge in [-0.25, -0.2) is 4.39 Å². The summed E-state index contributed by atoms with van der Waals surface area (Å²) < 4.78 is 13.3. The van der Waals surface area contributed by atoms with E-state index in [1.807, 2.05) is 19.1 Å². The molecule has 1 saturated heterocycles. The molecule has 0 bridgehead atoms. The molecule has 1 fully saturated rings. The molecule has 0 saturated carbocycles. The van der Waals surface area contributed by atoms with Gasteiger partial charge in [0.05, 0.1) is 16.5 Å². The second-order valence-corrected chi connectivity index (χ2v) is 8.65. The lowest BCUT2D eigenvalue weighted by Crippen LogP contribution is -2.41. The van der Waals surface area contributed by atoms with Crippen molar-refractivity contribution < 1.29 is 14.0 Å². The Morgan fingerprint density at radius 1 is 1.23 bits per heavy atom. The highest BCUT2D eigenvalue weighted by atomic mass is 35.5. The second kappa shape index (κ2) is 11.3. The lowest BCUT2D eigenvalue weighted by Gasteiger charge is -2.31. The quantitative estimate of drug-likeness (QED) is 0.577. The molecule has 7 nitrogen and oxygen atoms in total. The number of carbonyl (C=O) groups is 2. The van der Waals surface area contributed by atoms with Crippen LogP contribution in [0.1, 0.15) is 26.2 Å². The fourth-order valence-electron chi connectivity index (χ4n) is 3.24. The molecule has 166 valence electrons. The number of thioether (sulfide) groups is 1. The van der Waals surface area contributed by atoms with Crippen molar-refractivity contribution >= 4 is 46.7 Å². The maximum Gasteiger partial charge on any atom is 0.234 e. The van der Waals surface area contributed by atoms with Gasteiger partial charge in [0.15, 0.2) is 5.82 Å². The van der Waals surface area contributed by atoms with Gasteiger partial charge in [-0.05, 0) is 49.6 Å². The molecule has 2 aromatic rings. The molecule has 0 unspecified atom stereocenters. The first-order chi connectivity index (χ1) is 15.0. The van der Waals surface area contributed by atoms with Crippen molar-refractivity contribution in [2.75, 3.05) is 35.6 Å². The van der Waals surface area contributed by atoms with Crippen molar-refractivity contribution in [3.05, 3.63) is 41.2 Å². The zero-order valence-electron chi connectivity index (χ0n) is 17.2. The minimum absolute atomic E-state index is 0.0516. The average Bonchev–Trinajstić information content (AvgIpc) is 2.79. The van der Waals surface area contributed by atoms with Gasteiger partial charge in [0.2, 0.25) is 11.8 Å². The summed E-state index contributed by atoms with van der Waals surface area (Å²) in [5, 5.41) is 14.9. The summed E-state index contributed by atoms with van der Waals surface area (Å²) in [5.41, 5.74) is 0.237. The Hall–Kier alpha value is -2.39. The molecule has 0 aliphatic carbocycles. The SMILES string of the molecule is CCCNC(=O)C1CCN(c2ccc(SCC(=O)Nc3cc(F)ccc3Cl)nn2)CC1. The fraction of sp³-hybridized carbons (Fsp3) is 0.429. The first-order valence-corrected chi connectivity index (χ1v) is 11.6. The van der Waals surface area contributed by atoms with Crippen LogP contribution in [0, 0.1) is 11.7 Å². The summed E-state index contributed by atoms with van der Waals surface area (Å²) in [6.07, 6.45) is 2.51. The number of anilines is 2. The number of rotatable bonds is 8. The predicted molar refractivity (Wildman–Crippen MR) is 121 cm³/mol. The van der Waals surface area contributed by atoms with Crippen LogP contribution in [0.15, 0.2) is 35.4 Å².